The number of hydrogen-bond donors (Lipinski definition) is 0. The van der Waals surface area contributed by atoms with E-state index in [1.807, 2.05) is 0 Å². The van der Waals surface area contributed by atoms with Crippen molar-refractivity contribution in [1.82, 2.24) is 0 Å². The van der Waals surface area contributed by atoms with E-state index in [4.69, 9.17) is 9.47 Å². The predicted molar refractivity (Wildman–Crippen MR) is 75.7 cm³/mol. The fourth-order valence-electron chi connectivity index (χ4n) is 3.83. The molecule has 0 N–H and O–H groups in total. The van der Waals surface area contributed by atoms with Gasteiger partial charge in [-0.25, -0.2) is 0 Å². The second kappa shape index (κ2) is 5.94. The van der Waals surface area contributed by atoms with Gasteiger partial charge in [0, 0.05) is 5.92 Å². The quantitative estimate of drug-likeness (QED) is 0.577. The molecule has 0 radical (unpaired) electrons. The van der Waals surface area contributed by atoms with Gasteiger partial charge in [-0.3, -0.25) is 0 Å². The first-order chi connectivity index (χ1) is 9.25. The summed E-state index contributed by atoms with van der Waals surface area (Å²) in [6.45, 7) is 4.57. The lowest BCUT2D eigenvalue weighted by Crippen LogP contribution is -2.52. The lowest BCUT2D eigenvalue weighted by molar-refractivity contribution is -0.916. The van der Waals surface area contributed by atoms with Gasteiger partial charge in [-0.2, -0.15) is 0 Å². The minimum Gasteiger partial charge on any atom is -0.349 e. The lowest BCUT2D eigenvalue weighted by Gasteiger charge is -2.39. The smallest absolute Gasteiger partial charge is 0.161 e. The van der Waals surface area contributed by atoms with Crippen molar-refractivity contribution in [2.24, 2.45) is 5.92 Å². The number of likely N-dealkylation sites (N-methyl/N-ethyl adjacent to an activating group) is 1. The maximum absolute atomic E-state index is 6.20. The average Bonchev–Trinajstić information content (AvgIpc) is 2.88. The third-order valence-electron chi connectivity index (χ3n) is 5.01. The van der Waals surface area contributed by atoms with Gasteiger partial charge in [0.2, 0.25) is 0 Å². The van der Waals surface area contributed by atoms with E-state index >= 15 is 0 Å². The Morgan fingerprint density at radius 1 is 1.16 bits per heavy atom. The van der Waals surface area contributed by atoms with Crippen LogP contribution in [0.5, 0.6) is 0 Å². The molecule has 0 bridgehead atoms. The number of nitrogens with zero attached hydrogens (tertiary/aromatic N) is 1. The molecule has 3 rings (SSSR count). The van der Waals surface area contributed by atoms with Crippen molar-refractivity contribution in [2.45, 2.75) is 50.9 Å². The van der Waals surface area contributed by atoms with E-state index in [0.717, 1.165) is 19.6 Å². The van der Waals surface area contributed by atoms with Gasteiger partial charge in [0.1, 0.15) is 12.6 Å². The van der Waals surface area contributed by atoms with Crippen molar-refractivity contribution in [3.8, 4) is 0 Å². The van der Waals surface area contributed by atoms with Crippen molar-refractivity contribution in [1.29, 1.82) is 0 Å². The van der Waals surface area contributed by atoms with E-state index in [9.17, 15) is 0 Å². The number of rotatable bonds is 3. The zero-order chi connectivity index (χ0) is 13.1. The molecule has 0 saturated carbocycles. The molecule has 2 fully saturated rings. The molecule has 1 aliphatic carbocycles. The third-order valence-corrected chi connectivity index (χ3v) is 5.01. The number of hydrogen-bond acceptors (Lipinski definition) is 2. The number of ether oxygens (including phenoxy) is 2. The highest BCUT2D eigenvalue weighted by atomic mass is 16.7. The summed E-state index contributed by atoms with van der Waals surface area (Å²) >= 11 is 0. The molecule has 3 atom stereocenters. The number of likely N-dealkylation sites (tertiary alicyclic amines) is 1. The van der Waals surface area contributed by atoms with Gasteiger partial charge in [-0.1, -0.05) is 12.2 Å². The summed E-state index contributed by atoms with van der Waals surface area (Å²) in [6, 6.07) is 0. The van der Waals surface area contributed by atoms with Crippen LogP contribution in [-0.4, -0.2) is 50.2 Å². The minimum absolute atomic E-state index is 0.0614. The molecule has 108 valence electrons. The summed E-state index contributed by atoms with van der Waals surface area (Å²) in [5, 5.41) is 0. The first-order valence-electron chi connectivity index (χ1n) is 8.01. The van der Waals surface area contributed by atoms with Crippen LogP contribution in [0.1, 0.15) is 38.5 Å². The maximum Gasteiger partial charge on any atom is 0.161 e. The first kappa shape index (κ1) is 13.6. The Kier molecular flexibility index (Phi) is 4.25. The van der Waals surface area contributed by atoms with Crippen LogP contribution in [-0.2, 0) is 9.47 Å². The Morgan fingerprint density at radius 3 is 2.74 bits per heavy atom. The highest BCUT2D eigenvalue weighted by molar-refractivity contribution is 4.91. The van der Waals surface area contributed by atoms with Gasteiger partial charge in [0.15, 0.2) is 6.29 Å². The van der Waals surface area contributed by atoms with Crippen LogP contribution in [0.25, 0.3) is 0 Å². The molecular weight excluding hydrogens is 238 g/mol. The van der Waals surface area contributed by atoms with Crippen LogP contribution < -0.4 is 0 Å². The highest BCUT2D eigenvalue weighted by Gasteiger charge is 2.37. The van der Waals surface area contributed by atoms with Gasteiger partial charge in [-0.15, -0.1) is 0 Å². The second-order valence-corrected chi connectivity index (χ2v) is 6.81. The molecule has 3 aliphatic rings. The molecule has 19 heavy (non-hydrogen) atoms. The Morgan fingerprint density at radius 2 is 2.00 bits per heavy atom. The molecule has 0 amide bonds. The summed E-state index contributed by atoms with van der Waals surface area (Å²) in [5.74, 6) is 0.585. The maximum atomic E-state index is 6.20. The van der Waals surface area contributed by atoms with E-state index in [1.165, 1.54) is 49.7 Å². The van der Waals surface area contributed by atoms with E-state index in [1.54, 1.807) is 0 Å². The Hall–Kier alpha value is -0.380. The van der Waals surface area contributed by atoms with Gasteiger partial charge >= 0.3 is 0 Å². The summed E-state index contributed by atoms with van der Waals surface area (Å²) in [6.07, 6.45) is 12.6. The Labute approximate surface area is 117 Å². The largest absolute Gasteiger partial charge is 0.349 e. The summed E-state index contributed by atoms with van der Waals surface area (Å²) < 4.78 is 13.3. The van der Waals surface area contributed by atoms with Gasteiger partial charge in [0.05, 0.1) is 26.7 Å². The van der Waals surface area contributed by atoms with Crippen LogP contribution in [0.2, 0.25) is 0 Å². The fraction of sp³-hybridized carbons (Fsp3) is 0.875. The van der Waals surface area contributed by atoms with Crippen LogP contribution in [0.4, 0.5) is 0 Å². The summed E-state index contributed by atoms with van der Waals surface area (Å²) in [5.41, 5.74) is 0. The average molecular weight is 266 g/mol. The van der Waals surface area contributed by atoms with Crippen molar-refractivity contribution in [2.75, 3.05) is 33.3 Å². The van der Waals surface area contributed by atoms with E-state index in [2.05, 4.69) is 19.2 Å². The predicted octanol–water partition coefficient (Wildman–Crippen LogP) is 2.71. The summed E-state index contributed by atoms with van der Waals surface area (Å²) in [4.78, 5) is 0. The van der Waals surface area contributed by atoms with Gasteiger partial charge < -0.3 is 14.0 Å². The minimum atomic E-state index is 0.0614. The van der Waals surface area contributed by atoms with E-state index in [0.29, 0.717) is 12.0 Å². The molecule has 0 aromatic carbocycles. The van der Waals surface area contributed by atoms with Crippen molar-refractivity contribution in [3.05, 3.63) is 12.2 Å². The number of allylic oxidation sites excluding steroid dienone is 2. The molecule has 0 aromatic rings. The normalized spacial score (nSPS) is 38.5. The van der Waals surface area contributed by atoms with Crippen molar-refractivity contribution in [3.63, 3.8) is 0 Å². The summed E-state index contributed by atoms with van der Waals surface area (Å²) in [7, 11) is 2.39. The topological polar surface area (TPSA) is 18.5 Å². The van der Waals surface area contributed by atoms with Crippen LogP contribution in [0.15, 0.2) is 12.2 Å². The lowest BCUT2D eigenvalue weighted by atomic mass is 9.94. The van der Waals surface area contributed by atoms with Crippen LogP contribution >= 0.6 is 0 Å². The van der Waals surface area contributed by atoms with E-state index < -0.39 is 0 Å². The number of piperidine rings is 1. The Balaban J connectivity index is 1.49. The molecule has 2 heterocycles. The Bertz CT molecular complexity index is 323. The molecule has 0 spiro atoms. The molecule has 2 aliphatic heterocycles. The van der Waals surface area contributed by atoms with Crippen molar-refractivity contribution >= 4 is 0 Å². The molecule has 2 saturated heterocycles. The monoisotopic (exact) mass is 266 g/mol. The van der Waals surface area contributed by atoms with Crippen LogP contribution in [0, 0.1) is 5.92 Å². The van der Waals surface area contributed by atoms with Crippen molar-refractivity contribution < 1.29 is 14.0 Å². The molecule has 0 aromatic heterocycles. The second-order valence-electron chi connectivity index (χ2n) is 6.81. The van der Waals surface area contributed by atoms with Crippen LogP contribution in [0.3, 0.4) is 0 Å². The number of quaternary nitrogens is 1. The zero-order valence-corrected chi connectivity index (χ0v) is 12.2. The van der Waals surface area contributed by atoms with Gasteiger partial charge in [-0.05, 0) is 38.5 Å². The standard InChI is InChI=1S/C16H28NO2/c1-17(10-6-3-7-11-17)12-15-13-18-16(19-15)14-8-4-2-5-9-14/h2,4,14-16H,3,5-13H2,1H3/q+1/t14-,15-,16-/m0/s1. The fourth-order valence-corrected chi connectivity index (χ4v) is 3.83. The molecule has 3 heteroatoms. The molecular formula is C16H28NO2+. The molecule has 3 nitrogen and oxygen atoms in total. The van der Waals surface area contributed by atoms with E-state index in [-0.39, 0.29) is 6.29 Å². The molecule has 0 unspecified atom stereocenters. The highest BCUT2D eigenvalue weighted by Crippen LogP contribution is 2.30. The van der Waals surface area contributed by atoms with Gasteiger partial charge in [0.25, 0.3) is 0 Å². The SMILES string of the molecule is C[N+]1(C[C@H]2CO[C@H]([C@H]3CC=CCC3)O2)CCCCC1. The zero-order valence-electron chi connectivity index (χ0n) is 12.2. The third kappa shape index (κ3) is 3.39. The first-order valence-corrected chi connectivity index (χ1v) is 8.01.